The first-order chi connectivity index (χ1) is 26.4. The Hall–Kier alpha value is -1.30. The molecule has 0 atom stereocenters. The maximum absolute atomic E-state index is 13.8. The molecule has 0 saturated heterocycles. The van der Waals surface area contributed by atoms with Crippen LogP contribution < -0.4 is 0 Å². The number of allylic oxidation sites excluding steroid dienone is 2. The van der Waals surface area contributed by atoms with Gasteiger partial charge in [-0.1, -0.05) is 154 Å². The molecule has 0 aromatic rings. The van der Waals surface area contributed by atoms with Crippen LogP contribution in [0.5, 0.6) is 0 Å². The fourth-order valence-electron chi connectivity index (χ4n) is 7.91. The molecular formula is C48H88O5S. The number of thioether (sulfide) groups is 1. The summed E-state index contributed by atoms with van der Waals surface area (Å²) in [7, 11) is 0. The van der Waals surface area contributed by atoms with E-state index in [0.29, 0.717) is 43.8 Å². The molecule has 0 aromatic carbocycles. The van der Waals surface area contributed by atoms with Crippen molar-refractivity contribution in [2.24, 2.45) is 5.92 Å². The molecule has 1 aliphatic rings. The first kappa shape index (κ1) is 50.7. The Bertz CT molecular complexity index is 857. The van der Waals surface area contributed by atoms with Gasteiger partial charge in [0.1, 0.15) is 12.2 Å². The van der Waals surface area contributed by atoms with Crippen LogP contribution in [-0.2, 0) is 23.9 Å². The summed E-state index contributed by atoms with van der Waals surface area (Å²) < 4.78 is 12.2. The van der Waals surface area contributed by atoms with Gasteiger partial charge in [-0.2, -0.15) is 0 Å². The van der Waals surface area contributed by atoms with E-state index in [1.165, 1.54) is 120 Å². The van der Waals surface area contributed by atoms with Crippen molar-refractivity contribution in [2.45, 2.75) is 270 Å². The highest BCUT2D eigenvalue weighted by molar-refractivity contribution is 8.14. The molecule has 0 aromatic heterocycles. The highest BCUT2D eigenvalue weighted by Crippen LogP contribution is 2.35. The lowest BCUT2D eigenvalue weighted by Gasteiger charge is -2.25. The van der Waals surface area contributed by atoms with Crippen molar-refractivity contribution >= 4 is 28.8 Å². The third-order valence-corrected chi connectivity index (χ3v) is 13.0. The molecule has 1 saturated carbocycles. The van der Waals surface area contributed by atoms with Gasteiger partial charge in [-0.3, -0.25) is 14.4 Å². The van der Waals surface area contributed by atoms with Crippen LogP contribution in [0.4, 0.5) is 0 Å². The maximum atomic E-state index is 13.8. The van der Waals surface area contributed by atoms with Crippen molar-refractivity contribution < 1.29 is 23.9 Å². The summed E-state index contributed by atoms with van der Waals surface area (Å²) in [5.41, 5.74) is 1.51. The molecule has 0 amide bonds. The fraction of sp³-hybridized carbons (Fsp3) is 0.896. The largest absolute Gasteiger partial charge is 0.462 e. The highest BCUT2D eigenvalue weighted by atomic mass is 32.2. The Morgan fingerprint density at radius 2 is 0.889 bits per heavy atom. The van der Waals surface area contributed by atoms with E-state index in [0.717, 1.165) is 77.0 Å². The number of rotatable bonds is 36. The minimum atomic E-state index is -0.139. The number of unbranched alkanes of at least 4 members (excludes halogenated alkanes) is 16. The average molecular weight is 777 g/mol. The van der Waals surface area contributed by atoms with E-state index in [4.69, 9.17) is 9.47 Å². The van der Waals surface area contributed by atoms with Crippen molar-refractivity contribution in [3.8, 4) is 0 Å². The van der Waals surface area contributed by atoms with Gasteiger partial charge in [-0.05, 0) is 110 Å². The number of esters is 2. The SMILES string of the molecule is CC=C1CCC(SC(=O)C(CCCC(=O)OC(CCCCCCC)CCCCCCC)CCCC(=O)OC(CCCCCCC)CCCCCCC)CC1. The van der Waals surface area contributed by atoms with E-state index in [-0.39, 0.29) is 35.2 Å². The van der Waals surface area contributed by atoms with E-state index < -0.39 is 0 Å². The molecule has 0 radical (unpaired) electrons. The van der Waals surface area contributed by atoms with E-state index >= 15 is 0 Å². The summed E-state index contributed by atoms with van der Waals surface area (Å²) >= 11 is 1.54. The molecule has 316 valence electrons. The Kier molecular flexibility index (Phi) is 33.9. The monoisotopic (exact) mass is 777 g/mol. The highest BCUT2D eigenvalue weighted by Gasteiger charge is 2.26. The Balaban J connectivity index is 2.74. The van der Waals surface area contributed by atoms with Crippen molar-refractivity contribution in [3.05, 3.63) is 11.6 Å². The Labute approximate surface area is 339 Å². The van der Waals surface area contributed by atoms with Crippen LogP contribution in [0.25, 0.3) is 0 Å². The molecule has 5 nitrogen and oxygen atoms in total. The van der Waals surface area contributed by atoms with Crippen LogP contribution in [0.2, 0.25) is 0 Å². The molecule has 0 heterocycles. The third kappa shape index (κ3) is 28.1. The molecule has 0 unspecified atom stereocenters. The van der Waals surface area contributed by atoms with Gasteiger partial charge in [0.25, 0.3) is 0 Å². The van der Waals surface area contributed by atoms with Crippen LogP contribution in [0, 0.1) is 5.92 Å². The first-order valence-electron chi connectivity index (χ1n) is 23.6. The van der Waals surface area contributed by atoms with Gasteiger partial charge in [-0.25, -0.2) is 0 Å². The van der Waals surface area contributed by atoms with Crippen LogP contribution >= 0.6 is 11.8 Å². The summed E-state index contributed by atoms with van der Waals surface area (Å²) in [5, 5.41) is 0.615. The molecule has 1 fully saturated rings. The van der Waals surface area contributed by atoms with E-state index in [1.54, 1.807) is 0 Å². The van der Waals surface area contributed by atoms with E-state index in [2.05, 4.69) is 40.7 Å². The zero-order chi connectivity index (χ0) is 39.5. The molecule has 6 heteroatoms. The van der Waals surface area contributed by atoms with E-state index in [1.807, 2.05) is 0 Å². The molecule has 0 bridgehead atoms. The third-order valence-electron chi connectivity index (χ3n) is 11.6. The number of carbonyl (C=O) groups is 3. The number of carbonyl (C=O) groups excluding carboxylic acids is 3. The molecule has 0 aliphatic heterocycles. The lowest BCUT2D eigenvalue weighted by molar-refractivity contribution is -0.150. The smallest absolute Gasteiger partial charge is 0.306 e. The fourth-order valence-corrected chi connectivity index (χ4v) is 9.14. The van der Waals surface area contributed by atoms with Crippen molar-refractivity contribution in [3.63, 3.8) is 0 Å². The average Bonchev–Trinajstić information content (AvgIpc) is 3.16. The second-order valence-corrected chi connectivity index (χ2v) is 17.9. The molecule has 0 spiro atoms. The van der Waals surface area contributed by atoms with Crippen LogP contribution in [0.1, 0.15) is 253 Å². The number of hydrogen-bond acceptors (Lipinski definition) is 6. The molecule has 1 aliphatic carbocycles. The lowest BCUT2D eigenvalue weighted by atomic mass is 9.94. The standard InChI is InChI=1S/C48H88O5S/c1-6-11-15-19-23-31-43(32-24-20-16-12-7-2)52-46(49)35-27-29-42(48(51)54-45-39-37-41(10-5)38-40-45)30-28-36-47(50)53-44(33-25-21-17-13-8-3)34-26-22-18-14-9-4/h10,42-45H,6-9,11-40H2,1-5H3. The predicted octanol–water partition coefficient (Wildman–Crippen LogP) is 15.4. The minimum absolute atomic E-state index is 0.0182. The summed E-state index contributed by atoms with van der Waals surface area (Å²) in [4.78, 5) is 40.0. The van der Waals surface area contributed by atoms with Crippen LogP contribution in [-0.4, -0.2) is 34.5 Å². The zero-order valence-corrected chi connectivity index (χ0v) is 37.2. The zero-order valence-electron chi connectivity index (χ0n) is 36.4. The van der Waals surface area contributed by atoms with Gasteiger partial charge in [0, 0.05) is 24.0 Å². The van der Waals surface area contributed by atoms with Gasteiger partial charge in [0.2, 0.25) is 0 Å². The van der Waals surface area contributed by atoms with Crippen molar-refractivity contribution in [1.82, 2.24) is 0 Å². The minimum Gasteiger partial charge on any atom is -0.462 e. The molecular weight excluding hydrogens is 689 g/mol. The summed E-state index contributed by atoms with van der Waals surface area (Å²) in [6, 6.07) is 0. The van der Waals surface area contributed by atoms with Gasteiger partial charge >= 0.3 is 11.9 Å². The lowest BCUT2D eigenvalue weighted by Crippen LogP contribution is -2.21. The quantitative estimate of drug-likeness (QED) is 0.0358. The predicted molar refractivity (Wildman–Crippen MR) is 233 cm³/mol. The maximum Gasteiger partial charge on any atom is 0.306 e. The van der Waals surface area contributed by atoms with Crippen molar-refractivity contribution in [1.29, 1.82) is 0 Å². The number of hydrogen-bond donors (Lipinski definition) is 0. The number of ether oxygens (including phenoxy) is 2. The second kappa shape index (κ2) is 36.1. The van der Waals surface area contributed by atoms with Gasteiger partial charge in [0.15, 0.2) is 5.12 Å². The Morgan fingerprint density at radius 1 is 0.537 bits per heavy atom. The molecule has 0 N–H and O–H groups in total. The first-order valence-corrected chi connectivity index (χ1v) is 24.5. The van der Waals surface area contributed by atoms with Crippen molar-refractivity contribution in [2.75, 3.05) is 0 Å². The summed E-state index contributed by atoms with van der Waals surface area (Å²) in [5.74, 6) is -0.350. The summed E-state index contributed by atoms with van der Waals surface area (Å²) in [6.45, 7) is 11.1. The van der Waals surface area contributed by atoms with Gasteiger partial charge < -0.3 is 9.47 Å². The molecule has 1 rings (SSSR count). The van der Waals surface area contributed by atoms with Gasteiger partial charge in [-0.15, -0.1) is 0 Å². The van der Waals surface area contributed by atoms with Crippen LogP contribution in [0.3, 0.4) is 0 Å². The second-order valence-electron chi connectivity index (χ2n) is 16.6. The summed E-state index contributed by atoms with van der Waals surface area (Å²) in [6.07, 6.45) is 38.2. The van der Waals surface area contributed by atoms with E-state index in [9.17, 15) is 14.4 Å². The Morgan fingerprint density at radius 3 is 1.22 bits per heavy atom. The molecule has 54 heavy (non-hydrogen) atoms. The normalized spacial score (nSPS) is 14.7. The van der Waals surface area contributed by atoms with Gasteiger partial charge in [0.05, 0.1) is 0 Å². The topological polar surface area (TPSA) is 69.7 Å². The van der Waals surface area contributed by atoms with Crippen LogP contribution in [0.15, 0.2) is 11.6 Å².